The molecular weight excluding hydrogens is 410 g/mol. The van der Waals surface area contributed by atoms with Gasteiger partial charge < -0.3 is 15.5 Å². The fourth-order valence-corrected chi connectivity index (χ4v) is 3.54. The first kappa shape index (κ1) is 31.4. The Hall–Kier alpha value is -1.65. The highest BCUT2D eigenvalue weighted by Crippen LogP contribution is 2.12. The van der Waals surface area contributed by atoms with E-state index in [0.29, 0.717) is 19.3 Å². The SMILES string of the molecule is CC/C=C\C/C=C\C/C=C\C/C=C\CCC(=O)NC(CO)C(O)CCCCCCCCCC. The highest BCUT2D eigenvalue weighted by Gasteiger charge is 2.19. The number of aliphatic hydroxyl groups is 2. The summed E-state index contributed by atoms with van der Waals surface area (Å²) in [6, 6.07) is -0.570. The van der Waals surface area contributed by atoms with Crippen LogP contribution in [0.2, 0.25) is 0 Å². The van der Waals surface area contributed by atoms with Gasteiger partial charge in [-0.2, -0.15) is 0 Å². The largest absolute Gasteiger partial charge is 0.394 e. The lowest BCUT2D eigenvalue weighted by molar-refractivity contribution is -0.123. The van der Waals surface area contributed by atoms with Gasteiger partial charge in [-0.25, -0.2) is 0 Å². The molecule has 0 aromatic carbocycles. The number of carbonyl (C=O) groups excluding carboxylic acids is 1. The van der Waals surface area contributed by atoms with Crippen LogP contribution in [-0.4, -0.2) is 34.9 Å². The van der Waals surface area contributed by atoms with E-state index < -0.39 is 12.1 Å². The Balaban J connectivity index is 3.84. The summed E-state index contributed by atoms with van der Waals surface area (Å²) < 4.78 is 0. The lowest BCUT2D eigenvalue weighted by atomic mass is 10.0. The van der Waals surface area contributed by atoms with Crippen LogP contribution in [0.5, 0.6) is 0 Å². The minimum Gasteiger partial charge on any atom is -0.394 e. The number of carbonyl (C=O) groups is 1. The monoisotopic (exact) mass is 461 g/mol. The zero-order valence-electron chi connectivity index (χ0n) is 21.4. The molecule has 0 aliphatic rings. The van der Waals surface area contributed by atoms with Crippen LogP contribution in [0.1, 0.15) is 110 Å². The molecule has 1 amide bonds. The predicted molar refractivity (Wildman–Crippen MR) is 142 cm³/mol. The molecule has 0 radical (unpaired) electrons. The second-order valence-electron chi connectivity index (χ2n) is 8.73. The molecule has 0 aliphatic carbocycles. The summed E-state index contributed by atoms with van der Waals surface area (Å²) in [7, 11) is 0. The van der Waals surface area contributed by atoms with Crippen LogP contribution in [-0.2, 0) is 4.79 Å². The maximum absolute atomic E-state index is 12.1. The molecule has 0 heterocycles. The molecule has 2 atom stereocenters. The molecule has 33 heavy (non-hydrogen) atoms. The van der Waals surface area contributed by atoms with Gasteiger partial charge in [0.25, 0.3) is 0 Å². The van der Waals surface area contributed by atoms with Crippen molar-refractivity contribution in [2.24, 2.45) is 0 Å². The quantitative estimate of drug-likeness (QED) is 0.121. The normalized spacial score (nSPS) is 14.2. The first-order valence-electron chi connectivity index (χ1n) is 13.3. The summed E-state index contributed by atoms with van der Waals surface area (Å²) in [5, 5.41) is 22.6. The van der Waals surface area contributed by atoms with E-state index in [9.17, 15) is 15.0 Å². The van der Waals surface area contributed by atoms with Crippen molar-refractivity contribution in [2.75, 3.05) is 6.61 Å². The Morgan fingerprint density at radius 2 is 1.27 bits per heavy atom. The van der Waals surface area contributed by atoms with Crippen LogP contribution in [0.15, 0.2) is 48.6 Å². The zero-order valence-corrected chi connectivity index (χ0v) is 21.4. The number of amides is 1. The molecule has 3 N–H and O–H groups in total. The lowest BCUT2D eigenvalue weighted by Crippen LogP contribution is -2.45. The minimum atomic E-state index is -0.684. The number of rotatable bonds is 22. The maximum atomic E-state index is 12.1. The standard InChI is InChI=1S/C29H51NO3/c1-3-5-7-9-11-13-14-15-16-17-19-21-23-25-29(33)30-27(26-31)28(32)24-22-20-18-12-10-8-6-4-2/h5,7,11,13,15-16,19,21,27-28,31-32H,3-4,6,8-10,12,14,17-18,20,22-26H2,1-2H3,(H,30,33)/b7-5-,13-11-,16-15-,21-19-. The van der Waals surface area contributed by atoms with Gasteiger partial charge in [-0.3, -0.25) is 4.79 Å². The Morgan fingerprint density at radius 3 is 1.82 bits per heavy atom. The van der Waals surface area contributed by atoms with Crippen molar-refractivity contribution in [1.29, 1.82) is 0 Å². The van der Waals surface area contributed by atoms with E-state index in [-0.39, 0.29) is 12.5 Å². The highest BCUT2D eigenvalue weighted by atomic mass is 16.3. The van der Waals surface area contributed by atoms with E-state index in [0.717, 1.165) is 38.5 Å². The van der Waals surface area contributed by atoms with E-state index >= 15 is 0 Å². The topological polar surface area (TPSA) is 69.6 Å². The molecule has 0 aliphatic heterocycles. The number of hydrogen-bond acceptors (Lipinski definition) is 3. The van der Waals surface area contributed by atoms with E-state index in [4.69, 9.17) is 0 Å². The van der Waals surface area contributed by atoms with Crippen molar-refractivity contribution >= 4 is 5.91 Å². The third-order valence-electron chi connectivity index (χ3n) is 5.62. The molecule has 2 unspecified atom stereocenters. The molecule has 0 fully saturated rings. The predicted octanol–water partition coefficient (Wildman–Crippen LogP) is 6.94. The number of nitrogens with one attached hydrogen (secondary N) is 1. The molecular formula is C29H51NO3. The smallest absolute Gasteiger partial charge is 0.220 e. The van der Waals surface area contributed by atoms with Gasteiger partial charge in [0.05, 0.1) is 18.8 Å². The number of unbranched alkanes of at least 4 members (excludes halogenated alkanes) is 7. The Bertz CT molecular complexity index is 551. The van der Waals surface area contributed by atoms with Crippen molar-refractivity contribution in [1.82, 2.24) is 5.32 Å². The molecule has 0 saturated heterocycles. The van der Waals surface area contributed by atoms with Crippen molar-refractivity contribution in [3.05, 3.63) is 48.6 Å². The molecule has 4 heteroatoms. The molecule has 0 aromatic rings. The lowest BCUT2D eigenvalue weighted by Gasteiger charge is -2.22. The van der Waals surface area contributed by atoms with Gasteiger partial charge in [-0.1, -0.05) is 114 Å². The van der Waals surface area contributed by atoms with Crippen molar-refractivity contribution in [3.8, 4) is 0 Å². The molecule has 4 nitrogen and oxygen atoms in total. The van der Waals surface area contributed by atoms with Crippen LogP contribution in [0.4, 0.5) is 0 Å². The summed E-state index contributed by atoms with van der Waals surface area (Å²) in [4.78, 5) is 12.1. The average molecular weight is 462 g/mol. The fraction of sp³-hybridized carbons (Fsp3) is 0.690. The van der Waals surface area contributed by atoms with Crippen LogP contribution in [0.25, 0.3) is 0 Å². The second-order valence-corrected chi connectivity index (χ2v) is 8.73. The average Bonchev–Trinajstić information content (AvgIpc) is 2.82. The van der Waals surface area contributed by atoms with E-state index in [1.54, 1.807) is 0 Å². The minimum absolute atomic E-state index is 0.119. The molecule has 0 saturated carbocycles. The molecule has 0 rings (SSSR count). The van der Waals surface area contributed by atoms with Gasteiger partial charge in [0, 0.05) is 6.42 Å². The Morgan fingerprint density at radius 1 is 0.758 bits per heavy atom. The summed E-state index contributed by atoms with van der Waals surface area (Å²) in [5.41, 5.74) is 0. The number of aliphatic hydroxyl groups excluding tert-OH is 2. The van der Waals surface area contributed by atoms with Gasteiger partial charge in [0.2, 0.25) is 5.91 Å². The highest BCUT2D eigenvalue weighted by molar-refractivity contribution is 5.76. The van der Waals surface area contributed by atoms with Gasteiger partial charge in [-0.05, 0) is 38.5 Å². The summed E-state index contributed by atoms with van der Waals surface area (Å²) in [6.07, 6.45) is 31.6. The third-order valence-corrected chi connectivity index (χ3v) is 5.62. The molecule has 190 valence electrons. The van der Waals surface area contributed by atoms with Crippen LogP contribution in [0, 0.1) is 0 Å². The van der Waals surface area contributed by atoms with E-state index in [1.807, 2.05) is 6.08 Å². The number of allylic oxidation sites excluding steroid dienone is 8. The van der Waals surface area contributed by atoms with Crippen molar-refractivity contribution in [2.45, 2.75) is 122 Å². The van der Waals surface area contributed by atoms with Crippen LogP contribution < -0.4 is 5.32 Å². The Kier molecular flexibility index (Phi) is 23.7. The number of hydrogen-bond donors (Lipinski definition) is 3. The maximum Gasteiger partial charge on any atom is 0.220 e. The summed E-state index contributed by atoms with van der Waals surface area (Å²) in [6.45, 7) is 4.13. The van der Waals surface area contributed by atoms with Crippen LogP contribution >= 0.6 is 0 Å². The zero-order chi connectivity index (χ0) is 24.4. The molecule has 0 bridgehead atoms. The van der Waals surface area contributed by atoms with Gasteiger partial charge >= 0.3 is 0 Å². The molecule has 0 spiro atoms. The van der Waals surface area contributed by atoms with Gasteiger partial charge in [-0.15, -0.1) is 0 Å². The van der Waals surface area contributed by atoms with E-state index in [2.05, 4.69) is 61.7 Å². The van der Waals surface area contributed by atoms with Crippen LogP contribution in [0.3, 0.4) is 0 Å². The fourth-order valence-electron chi connectivity index (χ4n) is 3.54. The van der Waals surface area contributed by atoms with Gasteiger partial charge in [0.1, 0.15) is 0 Å². The summed E-state index contributed by atoms with van der Waals surface area (Å²) >= 11 is 0. The first-order valence-corrected chi connectivity index (χ1v) is 13.3. The van der Waals surface area contributed by atoms with Gasteiger partial charge in [0.15, 0.2) is 0 Å². The van der Waals surface area contributed by atoms with E-state index in [1.165, 1.54) is 38.5 Å². The third kappa shape index (κ3) is 21.9. The summed E-state index contributed by atoms with van der Waals surface area (Å²) in [5.74, 6) is -0.119. The first-order chi connectivity index (χ1) is 16.2. The Labute approximate surface area is 203 Å². The molecule has 0 aromatic heterocycles. The van der Waals surface area contributed by atoms with Crippen molar-refractivity contribution < 1.29 is 15.0 Å². The second kappa shape index (κ2) is 25.0. The van der Waals surface area contributed by atoms with Crippen molar-refractivity contribution in [3.63, 3.8) is 0 Å².